The maximum absolute atomic E-state index is 13.5. The summed E-state index contributed by atoms with van der Waals surface area (Å²) in [6, 6.07) is 8.05. The van der Waals surface area contributed by atoms with Crippen molar-refractivity contribution in [1.82, 2.24) is 19.6 Å². The topological polar surface area (TPSA) is 75.4 Å². The van der Waals surface area contributed by atoms with Crippen molar-refractivity contribution in [3.63, 3.8) is 0 Å². The van der Waals surface area contributed by atoms with E-state index in [9.17, 15) is 18.3 Å². The molecule has 6 nitrogen and oxygen atoms in total. The van der Waals surface area contributed by atoms with Crippen molar-refractivity contribution >= 4 is 11.2 Å². The van der Waals surface area contributed by atoms with Crippen LogP contribution in [0.4, 0.5) is 13.2 Å². The average molecular weight is 468 g/mol. The molecule has 1 aromatic carbocycles. The summed E-state index contributed by atoms with van der Waals surface area (Å²) in [5.74, 6) is 0. The molecule has 0 unspecified atom stereocenters. The molecular weight excluding hydrogens is 445 g/mol. The van der Waals surface area contributed by atoms with Crippen molar-refractivity contribution in [2.45, 2.75) is 32.5 Å². The lowest BCUT2D eigenvalue weighted by Gasteiger charge is -2.17. The predicted molar refractivity (Wildman–Crippen MR) is 121 cm³/mol. The summed E-state index contributed by atoms with van der Waals surface area (Å²) in [6.07, 6.45) is 2.13. The standard InChI is InChI=1S/C25H23F3N4O2/c1-15-17(3-2-4-20(15)25(26,27)28)12-23-22(14-33)30-24-19(21-5-8-29-31-21)11-18(13-32(23)24)16-6-9-34-10-7-16/h2-6,8,11,13,33H,7,9-10,12,14H2,1H3,(H,29,31). The summed E-state index contributed by atoms with van der Waals surface area (Å²) in [7, 11) is 0. The molecule has 0 radical (unpaired) electrons. The summed E-state index contributed by atoms with van der Waals surface area (Å²) in [5.41, 5.74) is 5.36. The van der Waals surface area contributed by atoms with Crippen molar-refractivity contribution in [2.24, 2.45) is 0 Å². The number of imidazole rings is 1. The van der Waals surface area contributed by atoms with Gasteiger partial charge in [-0.05, 0) is 53.8 Å². The number of aliphatic hydroxyl groups excluding tert-OH is 1. The van der Waals surface area contributed by atoms with Gasteiger partial charge in [-0.15, -0.1) is 0 Å². The molecule has 3 aromatic heterocycles. The second-order valence-electron chi connectivity index (χ2n) is 8.29. The first-order valence-electron chi connectivity index (χ1n) is 10.9. The van der Waals surface area contributed by atoms with Crippen LogP contribution in [0.2, 0.25) is 0 Å². The van der Waals surface area contributed by atoms with Crippen LogP contribution in [0.5, 0.6) is 0 Å². The lowest BCUT2D eigenvalue weighted by Crippen LogP contribution is -2.10. The molecule has 4 aromatic rings. The monoisotopic (exact) mass is 468 g/mol. The largest absolute Gasteiger partial charge is 0.416 e. The Labute approximate surface area is 193 Å². The van der Waals surface area contributed by atoms with Gasteiger partial charge in [-0.2, -0.15) is 18.3 Å². The maximum atomic E-state index is 13.5. The van der Waals surface area contributed by atoms with E-state index in [1.54, 1.807) is 12.3 Å². The van der Waals surface area contributed by atoms with E-state index in [1.807, 2.05) is 28.8 Å². The SMILES string of the molecule is Cc1c(Cc2c(CO)nc3c(-c4ccn[nH]4)cc(C4=CCOCC4)cn23)cccc1C(F)(F)F. The zero-order valence-corrected chi connectivity index (χ0v) is 18.5. The van der Waals surface area contributed by atoms with Gasteiger partial charge in [0.2, 0.25) is 0 Å². The number of halogens is 3. The van der Waals surface area contributed by atoms with Crippen molar-refractivity contribution in [3.8, 4) is 11.3 Å². The molecule has 0 saturated heterocycles. The van der Waals surface area contributed by atoms with Crippen LogP contribution in [0, 0.1) is 6.92 Å². The fourth-order valence-electron chi connectivity index (χ4n) is 4.48. The summed E-state index contributed by atoms with van der Waals surface area (Å²) >= 11 is 0. The third-order valence-corrected chi connectivity index (χ3v) is 6.29. The molecular formula is C25H23F3N4O2. The average Bonchev–Trinajstić information content (AvgIpc) is 3.48. The van der Waals surface area contributed by atoms with Crippen molar-refractivity contribution in [3.05, 3.63) is 82.4 Å². The molecule has 9 heteroatoms. The number of pyridine rings is 1. The quantitative estimate of drug-likeness (QED) is 0.435. The summed E-state index contributed by atoms with van der Waals surface area (Å²) in [6.45, 7) is 2.29. The van der Waals surface area contributed by atoms with E-state index in [-0.39, 0.29) is 18.6 Å². The van der Waals surface area contributed by atoms with Crippen LogP contribution in [0.3, 0.4) is 0 Å². The van der Waals surface area contributed by atoms with E-state index >= 15 is 0 Å². The van der Waals surface area contributed by atoms with Gasteiger partial charge in [0.25, 0.3) is 0 Å². The number of hydrogen-bond donors (Lipinski definition) is 2. The summed E-state index contributed by atoms with van der Waals surface area (Å²) < 4.78 is 47.8. The Kier molecular flexibility index (Phi) is 5.75. The first-order chi connectivity index (χ1) is 16.4. The number of aromatic amines is 1. The molecule has 0 aliphatic carbocycles. The van der Waals surface area contributed by atoms with Crippen LogP contribution in [-0.4, -0.2) is 37.9 Å². The highest BCUT2D eigenvalue weighted by atomic mass is 19.4. The van der Waals surface area contributed by atoms with Gasteiger partial charge in [-0.3, -0.25) is 5.10 Å². The van der Waals surface area contributed by atoms with E-state index in [1.165, 1.54) is 13.0 Å². The van der Waals surface area contributed by atoms with Gasteiger partial charge in [0.1, 0.15) is 5.65 Å². The molecule has 0 bridgehead atoms. The number of aromatic nitrogens is 4. The second kappa shape index (κ2) is 8.73. The Hall–Kier alpha value is -3.43. The van der Waals surface area contributed by atoms with E-state index in [2.05, 4.69) is 15.2 Å². The van der Waals surface area contributed by atoms with Crippen LogP contribution in [0.1, 0.15) is 40.1 Å². The first-order valence-corrected chi connectivity index (χ1v) is 10.9. The zero-order valence-electron chi connectivity index (χ0n) is 18.5. The highest BCUT2D eigenvalue weighted by Crippen LogP contribution is 2.35. The van der Waals surface area contributed by atoms with Crippen molar-refractivity contribution in [1.29, 1.82) is 0 Å². The van der Waals surface area contributed by atoms with Gasteiger partial charge in [0.15, 0.2) is 0 Å². The normalized spacial score (nSPS) is 14.6. The molecule has 1 aliphatic heterocycles. The molecule has 0 fully saturated rings. The van der Waals surface area contributed by atoms with Gasteiger partial charge in [-0.1, -0.05) is 18.2 Å². The number of aliphatic hydroxyl groups is 1. The van der Waals surface area contributed by atoms with E-state index in [0.29, 0.717) is 35.8 Å². The Morgan fingerprint density at radius 3 is 2.76 bits per heavy atom. The minimum absolute atomic E-state index is 0.172. The molecule has 2 N–H and O–H groups in total. The minimum Gasteiger partial charge on any atom is -0.390 e. The fourth-order valence-corrected chi connectivity index (χ4v) is 4.48. The number of H-pyrrole nitrogens is 1. The minimum atomic E-state index is -4.43. The Bertz CT molecular complexity index is 1370. The molecule has 0 saturated carbocycles. The Morgan fingerprint density at radius 1 is 1.24 bits per heavy atom. The van der Waals surface area contributed by atoms with Gasteiger partial charge in [0.05, 0.1) is 42.5 Å². The Balaban J connectivity index is 1.71. The van der Waals surface area contributed by atoms with Crippen LogP contribution >= 0.6 is 0 Å². The number of fused-ring (bicyclic) bond motifs is 1. The number of rotatable bonds is 5. The van der Waals surface area contributed by atoms with E-state index in [4.69, 9.17) is 4.74 Å². The highest BCUT2D eigenvalue weighted by molar-refractivity contribution is 5.80. The number of ether oxygens (including phenoxy) is 1. The smallest absolute Gasteiger partial charge is 0.390 e. The number of hydrogen-bond acceptors (Lipinski definition) is 4. The molecule has 1 aliphatic rings. The molecule has 4 heterocycles. The first kappa shape index (κ1) is 22.4. The Morgan fingerprint density at radius 2 is 2.09 bits per heavy atom. The van der Waals surface area contributed by atoms with Crippen LogP contribution in [0.25, 0.3) is 22.5 Å². The van der Waals surface area contributed by atoms with Crippen LogP contribution in [0.15, 0.2) is 48.8 Å². The van der Waals surface area contributed by atoms with Gasteiger partial charge >= 0.3 is 6.18 Å². The molecule has 0 amide bonds. The van der Waals surface area contributed by atoms with E-state index in [0.717, 1.165) is 34.9 Å². The number of alkyl halides is 3. The van der Waals surface area contributed by atoms with Crippen LogP contribution < -0.4 is 0 Å². The number of nitrogens with zero attached hydrogens (tertiary/aromatic N) is 3. The molecule has 0 atom stereocenters. The number of benzene rings is 1. The maximum Gasteiger partial charge on any atom is 0.416 e. The third kappa shape index (κ3) is 4.01. The number of nitrogens with one attached hydrogen (secondary N) is 1. The molecule has 34 heavy (non-hydrogen) atoms. The van der Waals surface area contributed by atoms with Gasteiger partial charge < -0.3 is 14.2 Å². The van der Waals surface area contributed by atoms with Crippen molar-refractivity contribution in [2.75, 3.05) is 13.2 Å². The van der Waals surface area contributed by atoms with Crippen LogP contribution in [-0.2, 0) is 23.9 Å². The molecule has 0 spiro atoms. The lowest BCUT2D eigenvalue weighted by atomic mass is 9.97. The lowest BCUT2D eigenvalue weighted by molar-refractivity contribution is -0.138. The third-order valence-electron chi connectivity index (χ3n) is 6.29. The van der Waals surface area contributed by atoms with Crippen molar-refractivity contribution < 1.29 is 23.0 Å². The second-order valence-corrected chi connectivity index (χ2v) is 8.29. The predicted octanol–water partition coefficient (Wildman–Crippen LogP) is 4.94. The zero-order chi connectivity index (χ0) is 23.9. The summed E-state index contributed by atoms with van der Waals surface area (Å²) in [4.78, 5) is 4.67. The molecule has 5 rings (SSSR count). The molecule has 176 valence electrons. The fraction of sp³-hybridized carbons (Fsp3) is 0.280. The highest BCUT2D eigenvalue weighted by Gasteiger charge is 2.33. The van der Waals surface area contributed by atoms with Gasteiger partial charge in [0, 0.05) is 24.4 Å². The summed E-state index contributed by atoms with van der Waals surface area (Å²) in [5, 5.41) is 17.1. The van der Waals surface area contributed by atoms with E-state index < -0.39 is 11.7 Å². The van der Waals surface area contributed by atoms with Gasteiger partial charge in [-0.25, -0.2) is 4.98 Å².